The third-order valence-corrected chi connectivity index (χ3v) is 4.75. The highest BCUT2D eigenvalue weighted by atomic mass is 16.7. The Balaban J connectivity index is 2.08. The molecule has 2 aromatic rings. The van der Waals surface area contributed by atoms with Gasteiger partial charge in [0.15, 0.2) is 5.35 Å². The van der Waals surface area contributed by atoms with E-state index < -0.39 is 11.7 Å². The molecule has 0 amide bonds. The van der Waals surface area contributed by atoms with Crippen molar-refractivity contribution in [3.05, 3.63) is 56.9 Å². The van der Waals surface area contributed by atoms with Crippen molar-refractivity contribution in [2.24, 2.45) is 10.4 Å². The van der Waals surface area contributed by atoms with Crippen LogP contribution in [-0.2, 0) is 4.74 Å². The van der Waals surface area contributed by atoms with Crippen molar-refractivity contribution >= 4 is 24.3 Å². The third-order valence-electron chi connectivity index (χ3n) is 4.75. The molecule has 0 saturated carbocycles. The minimum absolute atomic E-state index is 0.0489. The molecule has 3 rings (SSSR count). The van der Waals surface area contributed by atoms with E-state index in [1.54, 1.807) is 12.4 Å². The highest BCUT2D eigenvalue weighted by Crippen LogP contribution is 2.28. The van der Waals surface area contributed by atoms with E-state index in [1.165, 1.54) is 0 Å². The fraction of sp³-hybridized carbons (Fsp3) is 0.391. The van der Waals surface area contributed by atoms with Crippen LogP contribution >= 0.6 is 0 Å². The number of hydrogen-bond acceptors (Lipinski definition) is 8. The van der Waals surface area contributed by atoms with Gasteiger partial charge in [-0.25, -0.2) is 9.78 Å². The van der Waals surface area contributed by atoms with Gasteiger partial charge < -0.3 is 24.7 Å². The highest BCUT2D eigenvalue weighted by Gasteiger charge is 2.31. The molecule has 170 valence electrons. The molecule has 0 radical (unpaired) electrons. The van der Waals surface area contributed by atoms with Crippen LogP contribution in [0.15, 0.2) is 40.1 Å². The molecule has 0 saturated heterocycles. The number of carbonyl (C=O) groups is 1. The lowest BCUT2D eigenvalue weighted by atomic mass is 9.85. The average molecular weight is 440 g/mol. The number of benzene rings is 1. The van der Waals surface area contributed by atoms with E-state index >= 15 is 0 Å². The smallest absolute Gasteiger partial charge is 0.433 e. The SMILES string of the molecule is CN(C)CCOC(=O)Oc1n/c(=C2\NC=NC2C(C)(C)C)c(=O)[nH]/c1=C\c1ccccc1. The lowest BCUT2D eigenvalue weighted by Crippen LogP contribution is -2.44. The minimum Gasteiger partial charge on any atom is -0.433 e. The molecular formula is C23H29N5O4. The predicted molar refractivity (Wildman–Crippen MR) is 123 cm³/mol. The number of nitrogens with zero attached hydrogens (tertiary/aromatic N) is 3. The third kappa shape index (κ3) is 5.82. The molecule has 1 aromatic heterocycles. The zero-order valence-electron chi connectivity index (χ0n) is 19.0. The topological polar surface area (TPSA) is 109 Å². The lowest BCUT2D eigenvalue weighted by Gasteiger charge is -2.24. The van der Waals surface area contributed by atoms with Gasteiger partial charge in [0.2, 0.25) is 0 Å². The summed E-state index contributed by atoms with van der Waals surface area (Å²) in [6, 6.07) is 9.05. The fourth-order valence-electron chi connectivity index (χ4n) is 3.13. The molecule has 0 fully saturated rings. The van der Waals surface area contributed by atoms with Gasteiger partial charge in [-0.15, -0.1) is 0 Å². The lowest BCUT2D eigenvalue weighted by molar-refractivity contribution is 0.0906. The first-order valence-electron chi connectivity index (χ1n) is 10.3. The zero-order valence-corrected chi connectivity index (χ0v) is 19.0. The van der Waals surface area contributed by atoms with E-state index in [-0.39, 0.29) is 34.6 Å². The maximum absolute atomic E-state index is 12.9. The molecule has 1 atom stereocenters. The van der Waals surface area contributed by atoms with Crippen LogP contribution in [0.4, 0.5) is 4.79 Å². The fourth-order valence-corrected chi connectivity index (χ4v) is 3.13. The normalized spacial score (nSPS) is 18.1. The molecule has 2 heterocycles. The summed E-state index contributed by atoms with van der Waals surface area (Å²) in [5.74, 6) is -0.0489. The second kappa shape index (κ2) is 9.78. The number of nitrogens with one attached hydrogen (secondary N) is 2. The van der Waals surface area contributed by atoms with Gasteiger partial charge >= 0.3 is 6.16 Å². The van der Waals surface area contributed by atoms with Crippen molar-refractivity contribution in [3.8, 4) is 5.88 Å². The van der Waals surface area contributed by atoms with Crippen molar-refractivity contribution in [2.45, 2.75) is 26.8 Å². The quantitative estimate of drug-likeness (QED) is 0.664. The second-order valence-electron chi connectivity index (χ2n) is 8.80. The van der Waals surface area contributed by atoms with Crippen molar-refractivity contribution in [1.29, 1.82) is 0 Å². The first kappa shape index (κ1) is 23.2. The Kier molecular flexibility index (Phi) is 7.09. The second-order valence-corrected chi connectivity index (χ2v) is 8.80. The molecule has 0 spiro atoms. The molecule has 0 bridgehead atoms. The van der Waals surface area contributed by atoms with Gasteiger partial charge in [0.05, 0.1) is 18.1 Å². The predicted octanol–water partition coefficient (Wildman–Crippen LogP) is 0.830. The van der Waals surface area contributed by atoms with Gasteiger partial charge in [0, 0.05) is 6.54 Å². The van der Waals surface area contributed by atoms with Gasteiger partial charge in [-0.1, -0.05) is 51.1 Å². The maximum atomic E-state index is 12.9. The van der Waals surface area contributed by atoms with Crippen molar-refractivity contribution < 1.29 is 14.3 Å². The largest absolute Gasteiger partial charge is 0.515 e. The summed E-state index contributed by atoms with van der Waals surface area (Å²) < 4.78 is 10.5. The highest BCUT2D eigenvalue weighted by molar-refractivity contribution is 5.75. The molecular weight excluding hydrogens is 410 g/mol. The molecule has 9 heteroatoms. The average Bonchev–Trinajstić information content (AvgIpc) is 3.20. The van der Waals surface area contributed by atoms with Crippen molar-refractivity contribution in [2.75, 3.05) is 27.2 Å². The molecule has 32 heavy (non-hydrogen) atoms. The summed E-state index contributed by atoms with van der Waals surface area (Å²) in [6.07, 6.45) is 2.34. The van der Waals surface area contributed by atoms with Gasteiger partial charge in [0.25, 0.3) is 11.4 Å². The summed E-state index contributed by atoms with van der Waals surface area (Å²) in [4.78, 5) is 38.7. The molecule has 1 aliphatic rings. The van der Waals surface area contributed by atoms with Crippen LogP contribution in [0.1, 0.15) is 26.3 Å². The van der Waals surface area contributed by atoms with Crippen LogP contribution in [-0.4, -0.2) is 60.7 Å². The van der Waals surface area contributed by atoms with E-state index in [9.17, 15) is 9.59 Å². The Morgan fingerprint density at radius 3 is 2.59 bits per heavy atom. The van der Waals surface area contributed by atoms with Gasteiger partial charge in [0.1, 0.15) is 12.0 Å². The van der Waals surface area contributed by atoms with Gasteiger partial charge in [-0.3, -0.25) is 9.79 Å². The Bertz CT molecular complexity index is 1160. The Morgan fingerprint density at radius 1 is 1.22 bits per heavy atom. The van der Waals surface area contributed by atoms with Crippen LogP contribution in [0.25, 0.3) is 11.8 Å². The molecule has 2 N–H and O–H groups in total. The van der Waals surface area contributed by atoms with Crippen LogP contribution in [0.3, 0.4) is 0 Å². The molecule has 1 unspecified atom stereocenters. The number of carbonyl (C=O) groups excluding carboxylic acids is 1. The number of ether oxygens (including phenoxy) is 2. The van der Waals surface area contributed by atoms with Crippen molar-refractivity contribution in [3.63, 3.8) is 0 Å². The van der Waals surface area contributed by atoms with Gasteiger partial charge in [-0.05, 0) is 31.1 Å². The minimum atomic E-state index is -0.895. The molecule has 9 nitrogen and oxygen atoms in total. The van der Waals surface area contributed by atoms with Crippen LogP contribution < -0.4 is 26.3 Å². The monoisotopic (exact) mass is 439 g/mol. The summed E-state index contributed by atoms with van der Waals surface area (Å²) in [5, 5.41) is 3.40. The summed E-state index contributed by atoms with van der Waals surface area (Å²) in [5.41, 5.74) is 0.703. The van der Waals surface area contributed by atoms with Crippen molar-refractivity contribution in [1.82, 2.24) is 20.2 Å². The Labute approximate surface area is 186 Å². The molecule has 1 aromatic carbocycles. The van der Waals surface area contributed by atoms with E-state index in [2.05, 4.69) is 20.3 Å². The molecule has 0 aliphatic carbocycles. The van der Waals surface area contributed by atoms with Crippen LogP contribution in [0.5, 0.6) is 5.88 Å². The molecule has 1 aliphatic heterocycles. The zero-order chi connectivity index (χ0) is 23.3. The van der Waals surface area contributed by atoms with E-state index in [4.69, 9.17) is 9.47 Å². The number of H-pyrrole nitrogens is 1. The summed E-state index contributed by atoms with van der Waals surface area (Å²) >= 11 is 0. The first-order chi connectivity index (χ1) is 15.1. The number of hydrogen-bond donors (Lipinski definition) is 2. The Morgan fingerprint density at radius 2 is 1.94 bits per heavy atom. The number of aliphatic imine (C=N–C) groups is 1. The number of rotatable bonds is 5. The van der Waals surface area contributed by atoms with E-state index in [0.717, 1.165) is 5.56 Å². The van der Waals surface area contributed by atoms with Gasteiger partial charge in [-0.2, -0.15) is 0 Å². The summed E-state index contributed by atoms with van der Waals surface area (Å²) in [6.45, 7) is 6.78. The van der Waals surface area contributed by atoms with Crippen LogP contribution in [0, 0.1) is 5.41 Å². The number of aromatic amines is 1. The van der Waals surface area contributed by atoms with Crippen LogP contribution in [0.2, 0.25) is 0 Å². The van der Waals surface area contributed by atoms with E-state index in [1.807, 2.05) is 70.1 Å². The standard InChI is InChI=1S/C23H29N5O4/c1-23(2,3)19-17(24-14-25-19)18-20(29)26-16(13-15-9-7-6-8-10-15)21(27-18)32-22(30)31-12-11-28(4)5/h6-10,13-14,19H,11-12H2,1-5H3,(H,24,25)(H,26,29)/b16-13-,18-17-. The number of aromatic nitrogens is 2. The van der Waals surface area contributed by atoms with E-state index in [0.29, 0.717) is 12.2 Å². The summed E-state index contributed by atoms with van der Waals surface area (Å²) in [7, 11) is 3.74. The Hall–Kier alpha value is -3.46. The maximum Gasteiger partial charge on any atom is 0.515 e. The number of likely N-dealkylation sites (N-methyl/N-ethyl adjacent to an activating group) is 1. The first-order valence-corrected chi connectivity index (χ1v) is 10.3.